The number of aromatic nitrogens is 1. The van der Waals surface area contributed by atoms with E-state index in [9.17, 15) is 4.79 Å². The van der Waals surface area contributed by atoms with Crippen molar-refractivity contribution in [1.82, 2.24) is 4.98 Å². The van der Waals surface area contributed by atoms with Gasteiger partial charge in [-0.05, 0) is 17.7 Å². The van der Waals surface area contributed by atoms with E-state index in [4.69, 9.17) is 0 Å². The number of nitrogens with one attached hydrogen (secondary N) is 1. The van der Waals surface area contributed by atoms with Crippen molar-refractivity contribution in [2.24, 2.45) is 0 Å². The highest BCUT2D eigenvalue weighted by atomic mass is 16.1. The predicted molar refractivity (Wildman–Crippen MR) is 81.8 cm³/mol. The van der Waals surface area contributed by atoms with Crippen molar-refractivity contribution in [3.63, 3.8) is 0 Å². The normalized spacial score (nSPS) is 18.2. The van der Waals surface area contributed by atoms with Crippen molar-refractivity contribution in [3.05, 3.63) is 72.3 Å². The van der Waals surface area contributed by atoms with E-state index in [1.807, 2.05) is 36.4 Å². The van der Waals surface area contributed by atoms with Crippen molar-refractivity contribution in [2.75, 3.05) is 0 Å². The zero-order valence-corrected chi connectivity index (χ0v) is 10.8. The van der Waals surface area contributed by atoms with E-state index in [0.717, 1.165) is 16.6 Å². The summed E-state index contributed by atoms with van der Waals surface area (Å²) >= 11 is 0. The van der Waals surface area contributed by atoms with Crippen molar-refractivity contribution >= 4 is 27.6 Å². The number of allylic oxidation sites excluding steroid dienone is 4. The van der Waals surface area contributed by atoms with Crippen LogP contribution >= 0.6 is 0 Å². The first-order valence-electron chi connectivity index (χ1n) is 6.72. The maximum atomic E-state index is 12.1. The van der Waals surface area contributed by atoms with Gasteiger partial charge in [0.05, 0.1) is 11.4 Å². The minimum atomic E-state index is -0.184. The molecule has 1 aliphatic rings. The summed E-state index contributed by atoms with van der Waals surface area (Å²) in [5, 5.41) is 2.38. The Bertz CT molecular complexity index is 883. The monoisotopic (exact) mass is 259 g/mol. The summed E-state index contributed by atoms with van der Waals surface area (Å²) in [5.41, 5.74) is 3.22. The zero-order valence-electron chi connectivity index (χ0n) is 10.8. The third-order valence-corrected chi connectivity index (χ3v) is 3.89. The molecule has 2 nitrogen and oxygen atoms in total. The second-order valence-electron chi connectivity index (χ2n) is 5.06. The summed E-state index contributed by atoms with van der Waals surface area (Å²) in [4.78, 5) is 15.6. The van der Waals surface area contributed by atoms with E-state index < -0.39 is 0 Å². The minimum Gasteiger partial charge on any atom is -0.354 e. The van der Waals surface area contributed by atoms with Crippen LogP contribution in [0, 0.1) is 0 Å². The number of ketones is 1. The number of fused-ring (bicyclic) bond motifs is 3. The highest BCUT2D eigenvalue weighted by Crippen LogP contribution is 2.32. The number of aromatic amines is 1. The van der Waals surface area contributed by atoms with Crippen molar-refractivity contribution in [3.8, 4) is 0 Å². The predicted octanol–water partition coefficient (Wildman–Crippen LogP) is 4.10. The molecular formula is C18H13NO. The Labute approximate surface area is 116 Å². The van der Waals surface area contributed by atoms with Crippen molar-refractivity contribution < 1.29 is 4.79 Å². The van der Waals surface area contributed by atoms with Gasteiger partial charge < -0.3 is 4.98 Å². The summed E-state index contributed by atoms with van der Waals surface area (Å²) in [6, 6.07) is 14.4. The van der Waals surface area contributed by atoms with Gasteiger partial charge in [-0.3, -0.25) is 4.79 Å². The summed E-state index contributed by atoms with van der Waals surface area (Å²) in [7, 11) is 0. The number of carbonyl (C=O) groups is 1. The quantitative estimate of drug-likeness (QED) is 0.701. The molecule has 1 aliphatic carbocycles. The fraction of sp³-hybridized carbons (Fsp3) is 0.0556. The Morgan fingerprint density at radius 3 is 2.65 bits per heavy atom. The zero-order chi connectivity index (χ0) is 13.5. The van der Waals surface area contributed by atoms with Crippen LogP contribution in [0.1, 0.15) is 11.5 Å². The van der Waals surface area contributed by atoms with Gasteiger partial charge in [0.2, 0.25) is 0 Å². The average molecular weight is 259 g/mol. The molecule has 2 heteroatoms. The molecule has 3 aromatic rings. The Morgan fingerprint density at radius 1 is 0.900 bits per heavy atom. The first-order valence-corrected chi connectivity index (χ1v) is 6.72. The molecule has 0 saturated heterocycles. The van der Waals surface area contributed by atoms with Gasteiger partial charge in [0, 0.05) is 16.3 Å². The maximum absolute atomic E-state index is 12.1. The molecule has 0 amide bonds. The molecule has 1 unspecified atom stereocenters. The average Bonchev–Trinajstić information content (AvgIpc) is 2.86. The lowest BCUT2D eigenvalue weighted by Crippen LogP contribution is -2.09. The molecule has 4 rings (SSSR count). The largest absolute Gasteiger partial charge is 0.354 e. The highest BCUT2D eigenvalue weighted by molar-refractivity contribution is 6.10. The van der Waals surface area contributed by atoms with Gasteiger partial charge in [-0.15, -0.1) is 0 Å². The van der Waals surface area contributed by atoms with E-state index in [-0.39, 0.29) is 11.7 Å². The Balaban J connectivity index is 2.03. The molecule has 20 heavy (non-hydrogen) atoms. The lowest BCUT2D eigenvalue weighted by Gasteiger charge is -2.13. The fourth-order valence-corrected chi connectivity index (χ4v) is 2.94. The van der Waals surface area contributed by atoms with E-state index in [2.05, 4.69) is 23.2 Å². The second-order valence-corrected chi connectivity index (χ2v) is 5.06. The number of para-hydroxylation sites is 2. The van der Waals surface area contributed by atoms with Crippen LogP contribution < -0.4 is 0 Å². The molecule has 1 heterocycles. The van der Waals surface area contributed by atoms with Crippen LogP contribution in [0.3, 0.4) is 0 Å². The molecular weight excluding hydrogens is 246 g/mol. The number of benzene rings is 2. The van der Waals surface area contributed by atoms with E-state index in [0.29, 0.717) is 0 Å². The van der Waals surface area contributed by atoms with Gasteiger partial charge in [-0.1, -0.05) is 54.6 Å². The standard InChI is InChI=1S/C18H13NO/c20-17-11-4-2-7-13(17)15-9-5-8-14-12-6-1-3-10-16(12)19-18(14)15/h1-11,13,19H. The lowest BCUT2D eigenvalue weighted by molar-refractivity contribution is -0.115. The summed E-state index contributed by atoms with van der Waals surface area (Å²) in [6.07, 6.45) is 7.34. The molecule has 0 bridgehead atoms. The van der Waals surface area contributed by atoms with E-state index in [1.54, 1.807) is 12.2 Å². The second kappa shape index (κ2) is 4.20. The van der Waals surface area contributed by atoms with Crippen molar-refractivity contribution in [2.45, 2.75) is 5.92 Å². The summed E-state index contributed by atoms with van der Waals surface area (Å²) < 4.78 is 0. The molecule has 0 radical (unpaired) electrons. The molecule has 0 aliphatic heterocycles. The van der Waals surface area contributed by atoms with Crippen LogP contribution in [0.25, 0.3) is 21.8 Å². The van der Waals surface area contributed by atoms with Gasteiger partial charge in [0.25, 0.3) is 0 Å². The molecule has 1 atom stereocenters. The van der Waals surface area contributed by atoms with Crippen molar-refractivity contribution in [1.29, 1.82) is 0 Å². The maximum Gasteiger partial charge on any atom is 0.166 e. The van der Waals surface area contributed by atoms with Crippen LogP contribution in [-0.2, 0) is 4.79 Å². The fourth-order valence-electron chi connectivity index (χ4n) is 2.94. The molecule has 0 spiro atoms. The summed E-state index contributed by atoms with van der Waals surface area (Å²) in [6.45, 7) is 0. The number of hydrogen-bond donors (Lipinski definition) is 1. The minimum absolute atomic E-state index is 0.138. The van der Waals surface area contributed by atoms with Crippen LogP contribution in [-0.4, -0.2) is 10.8 Å². The van der Waals surface area contributed by atoms with E-state index >= 15 is 0 Å². The van der Waals surface area contributed by atoms with Gasteiger partial charge >= 0.3 is 0 Å². The number of H-pyrrole nitrogens is 1. The number of hydrogen-bond acceptors (Lipinski definition) is 1. The Morgan fingerprint density at radius 2 is 1.75 bits per heavy atom. The van der Waals surface area contributed by atoms with Crippen LogP contribution in [0.5, 0.6) is 0 Å². The molecule has 96 valence electrons. The first-order chi connectivity index (χ1) is 9.84. The van der Waals surface area contributed by atoms with Gasteiger partial charge in [0.1, 0.15) is 0 Å². The SMILES string of the molecule is O=C1C=CC=CC1c1cccc2c1[nH]c1ccccc12. The lowest BCUT2D eigenvalue weighted by atomic mass is 9.90. The van der Waals surface area contributed by atoms with Gasteiger partial charge in [-0.2, -0.15) is 0 Å². The topological polar surface area (TPSA) is 32.9 Å². The molecule has 0 fully saturated rings. The van der Waals surface area contributed by atoms with E-state index in [1.165, 1.54) is 10.8 Å². The summed E-state index contributed by atoms with van der Waals surface area (Å²) in [5.74, 6) is -0.0459. The van der Waals surface area contributed by atoms with Crippen LogP contribution in [0.15, 0.2) is 66.8 Å². The third-order valence-electron chi connectivity index (χ3n) is 3.89. The van der Waals surface area contributed by atoms with Crippen LogP contribution in [0.4, 0.5) is 0 Å². The molecule has 0 saturated carbocycles. The highest BCUT2D eigenvalue weighted by Gasteiger charge is 2.20. The van der Waals surface area contributed by atoms with Gasteiger partial charge in [-0.25, -0.2) is 0 Å². The number of carbonyl (C=O) groups excluding carboxylic acids is 1. The Hall–Kier alpha value is -2.61. The molecule has 2 aromatic carbocycles. The smallest absolute Gasteiger partial charge is 0.166 e. The first kappa shape index (κ1) is 11.2. The number of rotatable bonds is 1. The third kappa shape index (κ3) is 1.55. The molecule has 1 N–H and O–H groups in total. The molecule has 1 aromatic heterocycles. The van der Waals surface area contributed by atoms with Gasteiger partial charge in [0.15, 0.2) is 5.78 Å². The van der Waals surface area contributed by atoms with Crippen LogP contribution in [0.2, 0.25) is 0 Å². The Kier molecular flexibility index (Phi) is 2.36.